The molecule has 0 aromatic carbocycles. The van der Waals surface area contributed by atoms with Crippen molar-refractivity contribution in [3.05, 3.63) is 0 Å². The second kappa shape index (κ2) is 8.51. The van der Waals surface area contributed by atoms with Crippen molar-refractivity contribution < 1.29 is 4.79 Å². The summed E-state index contributed by atoms with van der Waals surface area (Å²) >= 11 is 0. The van der Waals surface area contributed by atoms with E-state index in [1.54, 1.807) is 7.05 Å². The number of nitrogens with zero attached hydrogens (tertiary/aromatic N) is 1. The Morgan fingerprint density at radius 1 is 1.29 bits per heavy atom. The maximum absolute atomic E-state index is 11.0. The molecule has 1 N–H and O–H groups in total. The zero-order valence-electron chi connectivity index (χ0n) is 11.5. The highest BCUT2D eigenvalue weighted by molar-refractivity contribution is 5.75. The van der Waals surface area contributed by atoms with Crippen molar-refractivity contribution in [2.75, 3.05) is 26.7 Å². The van der Waals surface area contributed by atoms with Crippen LogP contribution in [0.25, 0.3) is 0 Å². The van der Waals surface area contributed by atoms with Crippen molar-refractivity contribution in [3.63, 3.8) is 0 Å². The molecule has 17 heavy (non-hydrogen) atoms. The van der Waals surface area contributed by atoms with Crippen LogP contribution in [0.15, 0.2) is 0 Å². The molecule has 0 saturated carbocycles. The lowest BCUT2D eigenvalue weighted by atomic mass is 10.00. The Bertz CT molecular complexity index is 218. The van der Waals surface area contributed by atoms with E-state index in [4.69, 9.17) is 0 Å². The van der Waals surface area contributed by atoms with Crippen molar-refractivity contribution >= 4 is 5.91 Å². The molecule has 1 atom stereocenters. The Morgan fingerprint density at radius 3 is 2.76 bits per heavy atom. The largest absolute Gasteiger partial charge is 0.359 e. The Morgan fingerprint density at radius 2 is 2.06 bits per heavy atom. The molecule has 1 unspecified atom stereocenters. The van der Waals surface area contributed by atoms with E-state index in [0.29, 0.717) is 6.42 Å². The maximum atomic E-state index is 11.0. The van der Waals surface area contributed by atoms with Gasteiger partial charge < -0.3 is 10.2 Å². The molecule has 1 aliphatic heterocycles. The Balaban J connectivity index is 1.91. The summed E-state index contributed by atoms with van der Waals surface area (Å²) < 4.78 is 0. The summed E-state index contributed by atoms with van der Waals surface area (Å²) in [6, 6.07) is 0. The third kappa shape index (κ3) is 6.67. The van der Waals surface area contributed by atoms with Gasteiger partial charge in [0.1, 0.15) is 0 Å². The molecule has 1 fully saturated rings. The van der Waals surface area contributed by atoms with Crippen LogP contribution in [0.5, 0.6) is 0 Å². The van der Waals surface area contributed by atoms with Crippen LogP contribution in [0.4, 0.5) is 0 Å². The first-order chi connectivity index (χ1) is 8.22. The number of amides is 1. The number of unbranched alkanes of at least 4 members (excludes halogenated alkanes) is 3. The normalized spacial score (nSPS) is 21.4. The third-order valence-electron chi connectivity index (χ3n) is 3.65. The maximum Gasteiger partial charge on any atom is 0.219 e. The smallest absolute Gasteiger partial charge is 0.219 e. The highest BCUT2D eigenvalue weighted by Gasteiger charge is 2.15. The van der Waals surface area contributed by atoms with Crippen LogP contribution >= 0.6 is 0 Å². The van der Waals surface area contributed by atoms with Crippen LogP contribution in [0.2, 0.25) is 0 Å². The van der Waals surface area contributed by atoms with Crippen LogP contribution in [0, 0.1) is 5.92 Å². The van der Waals surface area contributed by atoms with Gasteiger partial charge in [-0.2, -0.15) is 0 Å². The summed E-state index contributed by atoms with van der Waals surface area (Å²) in [5, 5.41) is 2.67. The number of nitrogens with one attached hydrogen (secondary N) is 1. The number of carbonyl (C=O) groups excluding carboxylic acids is 1. The minimum atomic E-state index is 0.176. The van der Waals surface area contributed by atoms with Gasteiger partial charge in [0.2, 0.25) is 5.91 Å². The molecule has 1 saturated heterocycles. The molecule has 100 valence electrons. The zero-order chi connectivity index (χ0) is 12.5. The summed E-state index contributed by atoms with van der Waals surface area (Å²) in [4.78, 5) is 13.6. The SMILES string of the molecule is CNC(=O)CCCCCCN1CCCC(C)C1. The van der Waals surface area contributed by atoms with Gasteiger partial charge in [0.05, 0.1) is 0 Å². The second-order valence-corrected chi connectivity index (χ2v) is 5.39. The summed E-state index contributed by atoms with van der Waals surface area (Å²) in [6.45, 7) is 6.20. The number of piperidine rings is 1. The van der Waals surface area contributed by atoms with Gasteiger partial charge in [-0.25, -0.2) is 0 Å². The second-order valence-electron chi connectivity index (χ2n) is 5.39. The first kappa shape index (κ1) is 14.5. The van der Waals surface area contributed by atoms with Crippen LogP contribution < -0.4 is 5.32 Å². The van der Waals surface area contributed by atoms with E-state index in [0.717, 1.165) is 12.3 Å². The van der Waals surface area contributed by atoms with Crippen LogP contribution in [0.3, 0.4) is 0 Å². The molecule has 0 radical (unpaired) electrons. The lowest BCUT2D eigenvalue weighted by Crippen LogP contribution is -2.34. The van der Waals surface area contributed by atoms with Gasteiger partial charge in [-0.15, -0.1) is 0 Å². The predicted octanol–water partition coefficient (Wildman–Crippen LogP) is 2.41. The Hall–Kier alpha value is -0.570. The number of rotatable bonds is 7. The van der Waals surface area contributed by atoms with Crippen LogP contribution in [-0.4, -0.2) is 37.5 Å². The molecule has 0 bridgehead atoms. The number of carbonyl (C=O) groups is 1. The fourth-order valence-electron chi connectivity index (χ4n) is 2.59. The Kier molecular flexibility index (Phi) is 7.25. The molecule has 0 aromatic rings. The van der Waals surface area contributed by atoms with E-state index >= 15 is 0 Å². The van der Waals surface area contributed by atoms with Crippen LogP contribution in [-0.2, 0) is 4.79 Å². The molecule has 3 nitrogen and oxygen atoms in total. The topological polar surface area (TPSA) is 32.3 Å². The van der Waals surface area contributed by atoms with Crippen molar-refractivity contribution in [1.82, 2.24) is 10.2 Å². The molecular formula is C14H28N2O. The van der Waals surface area contributed by atoms with Gasteiger partial charge in [-0.3, -0.25) is 4.79 Å². The average Bonchev–Trinajstić information content (AvgIpc) is 2.33. The van der Waals surface area contributed by atoms with E-state index in [1.807, 2.05) is 0 Å². The van der Waals surface area contributed by atoms with E-state index in [9.17, 15) is 4.79 Å². The fraction of sp³-hybridized carbons (Fsp3) is 0.929. The monoisotopic (exact) mass is 240 g/mol. The summed E-state index contributed by atoms with van der Waals surface area (Å²) in [5.74, 6) is 1.06. The first-order valence-corrected chi connectivity index (χ1v) is 7.15. The first-order valence-electron chi connectivity index (χ1n) is 7.15. The number of hydrogen-bond donors (Lipinski definition) is 1. The molecule has 1 heterocycles. The number of likely N-dealkylation sites (tertiary alicyclic amines) is 1. The highest BCUT2D eigenvalue weighted by atomic mass is 16.1. The lowest BCUT2D eigenvalue weighted by molar-refractivity contribution is -0.120. The van der Waals surface area contributed by atoms with Gasteiger partial charge in [-0.05, 0) is 44.7 Å². The molecule has 0 aliphatic carbocycles. The molecule has 1 aliphatic rings. The van der Waals surface area contributed by atoms with E-state index in [1.165, 1.54) is 51.7 Å². The summed E-state index contributed by atoms with van der Waals surface area (Å²) in [5.41, 5.74) is 0. The van der Waals surface area contributed by atoms with Gasteiger partial charge in [0.25, 0.3) is 0 Å². The quantitative estimate of drug-likeness (QED) is 0.693. The number of hydrogen-bond acceptors (Lipinski definition) is 2. The Labute approximate surface area is 106 Å². The zero-order valence-corrected chi connectivity index (χ0v) is 11.5. The molecule has 3 heteroatoms. The van der Waals surface area contributed by atoms with E-state index in [2.05, 4.69) is 17.1 Å². The van der Waals surface area contributed by atoms with E-state index in [-0.39, 0.29) is 5.91 Å². The molecule has 1 rings (SSSR count). The van der Waals surface area contributed by atoms with Crippen molar-refractivity contribution in [1.29, 1.82) is 0 Å². The predicted molar refractivity (Wildman–Crippen MR) is 72.0 cm³/mol. The van der Waals surface area contributed by atoms with Crippen molar-refractivity contribution in [2.24, 2.45) is 5.92 Å². The van der Waals surface area contributed by atoms with Crippen molar-refractivity contribution in [2.45, 2.75) is 51.9 Å². The van der Waals surface area contributed by atoms with Gasteiger partial charge in [-0.1, -0.05) is 19.8 Å². The minimum Gasteiger partial charge on any atom is -0.359 e. The van der Waals surface area contributed by atoms with Gasteiger partial charge in [0, 0.05) is 20.0 Å². The molecule has 0 spiro atoms. The fourth-order valence-corrected chi connectivity index (χ4v) is 2.59. The van der Waals surface area contributed by atoms with Gasteiger partial charge in [0.15, 0.2) is 0 Å². The van der Waals surface area contributed by atoms with Gasteiger partial charge >= 0.3 is 0 Å². The van der Waals surface area contributed by atoms with Crippen molar-refractivity contribution in [3.8, 4) is 0 Å². The van der Waals surface area contributed by atoms with E-state index < -0.39 is 0 Å². The molecule has 0 aromatic heterocycles. The summed E-state index contributed by atoms with van der Waals surface area (Å²) in [6.07, 6.45) is 8.26. The molecule has 1 amide bonds. The third-order valence-corrected chi connectivity index (χ3v) is 3.65. The highest BCUT2D eigenvalue weighted by Crippen LogP contribution is 2.16. The minimum absolute atomic E-state index is 0.176. The average molecular weight is 240 g/mol. The molecular weight excluding hydrogens is 212 g/mol. The lowest BCUT2D eigenvalue weighted by Gasteiger charge is -2.30. The standard InChI is InChI=1S/C14H28N2O/c1-13-8-7-11-16(12-13)10-6-4-3-5-9-14(17)15-2/h13H,3-12H2,1-2H3,(H,15,17). The summed E-state index contributed by atoms with van der Waals surface area (Å²) in [7, 11) is 1.71. The van der Waals surface area contributed by atoms with Crippen LogP contribution in [0.1, 0.15) is 51.9 Å².